The van der Waals surface area contributed by atoms with Crippen molar-refractivity contribution in [3.8, 4) is 17.0 Å². The van der Waals surface area contributed by atoms with Crippen LogP contribution in [0.15, 0.2) is 36.4 Å². The molecule has 2 N–H and O–H groups in total. The van der Waals surface area contributed by atoms with E-state index in [-0.39, 0.29) is 36.6 Å². The fourth-order valence-electron chi connectivity index (χ4n) is 3.31. The Bertz CT molecular complexity index is 764. The lowest BCUT2D eigenvalue weighted by Crippen LogP contribution is -2.37. The Labute approximate surface area is 165 Å². The molecule has 4 rings (SSSR count). The Morgan fingerprint density at radius 2 is 2.12 bits per heavy atom. The van der Waals surface area contributed by atoms with Crippen molar-refractivity contribution < 1.29 is 9.53 Å². The number of halogens is 2. The maximum atomic E-state index is 12.4. The highest BCUT2D eigenvalue weighted by Crippen LogP contribution is 2.30. The van der Waals surface area contributed by atoms with Crippen molar-refractivity contribution in [1.29, 1.82) is 0 Å². The number of carbonyl (C=O) groups is 1. The van der Waals surface area contributed by atoms with Gasteiger partial charge in [0.05, 0.1) is 18.2 Å². The Hall–Kier alpha value is -1.82. The summed E-state index contributed by atoms with van der Waals surface area (Å²) in [5, 5.41) is 6.23. The fraction of sp³-hybridized carbons (Fsp3) is 0.368. The van der Waals surface area contributed by atoms with Crippen molar-refractivity contribution in [2.75, 3.05) is 25.0 Å². The normalized spacial score (nSPS) is 17.9. The van der Waals surface area contributed by atoms with Gasteiger partial charge >= 0.3 is 0 Å². The molecule has 1 aromatic carbocycles. The summed E-state index contributed by atoms with van der Waals surface area (Å²) in [5.74, 6) is 1.66. The number of rotatable bonds is 3. The van der Waals surface area contributed by atoms with Crippen LogP contribution in [0.4, 0.5) is 5.82 Å². The predicted molar refractivity (Wildman–Crippen MR) is 108 cm³/mol. The number of nitrogens with one attached hydrogen (secondary N) is 2. The van der Waals surface area contributed by atoms with E-state index in [1.54, 1.807) is 0 Å². The van der Waals surface area contributed by atoms with Gasteiger partial charge < -0.3 is 15.4 Å². The molecule has 0 spiro atoms. The lowest BCUT2D eigenvalue weighted by molar-refractivity contribution is -0.120. The molecule has 0 bridgehead atoms. The molecular weight excluding hydrogens is 373 g/mol. The van der Waals surface area contributed by atoms with Gasteiger partial charge in [-0.1, -0.05) is 6.07 Å². The summed E-state index contributed by atoms with van der Waals surface area (Å²) in [7, 11) is 0. The second-order valence-electron chi connectivity index (χ2n) is 6.36. The van der Waals surface area contributed by atoms with Crippen LogP contribution in [-0.2, 0) is 11.2 Å². The van der Waals surface area contributed by atoms with Crippen LogP contribution in [0.25, 0.3) is 11.3 Å². The number of hydrogen-bond acceptors (Lipinski definition) is 4. The van der Waals surface area contributed by atoms with E-state index in [1.807, 2.05) is 30.3 Å². The van der Waals surface area contributed by atoms with E-state index < -0.39 is 0 Å². The van der Waals surface area contributed by atoms with Crippen molar-refractivity contribution in [1.82, 2.24) is 10.3 Å². The van der Waals surface area contributed by atoms with Crippen molar-refractivity contribution in [3.63, 3.8) is 0 Å². The van der Waals surface area contributed by atoms with Gasteiger partial charge in [-0.15, -0.1) is 24.8 Å². The summed E-state index contributed by atoms with van der Waals surface area (Å²) < 4.78 is 5.55. The molecule has 0 aliphatic carbocycles. The third-order valence-electron chi connectivity index (χ3n) is 4.65. The molecule has 2 aliphatic rings. The van der Waals surface area contributed by atoms with Crippen molar-refractivity contribution in [2.24, 2.45) is 5.92 Å². The molecule has 1 fully saturated rings. The smallest absolute Gasteiger partial charge is 0.229 e. The minimum atomic E-state index is 0. The van der Waals surface area contributed by atoms with Gasteiger partial charge in [-0.25, -0.2) is 4.98 Å². The van der Waals surface area contributed by atoms with Gasteiger partial charge in [0, 0.05) is 18.5 Å². The quantitative estimate of drug-likeness (QED) is 0.834. The third-order valence-corrected chi connectivity index (χ3v) is 4.65. The number of benzene rings is 1. The standard InChI is InChI=1S/C19H21N3O2.2ClH/c23-19(15-3-2-9-20-12-15)22-18-5-1-4-16(21-18)13-6-7-17-14(11-13)8-10-24-17;;/h1,4-7,11,15,20H,2-3,8-10,12H2,(H,21,22,23);2*1H. The van der Waals surface area contributed by atoms with E-state index in [4.69, 9.17) is 4.74 Å². The first-order valence-electron chi connectivity index (χ1n) is 8.54. The first-order chi connectivity index (χ1) is 11.8. The monoisotopic (exact) mass is 395 g/mol. The largest absolute Gasteiger partial charge is 0.493 e. The van der Waals surface area contributed by atoms with Crippen LogP contribution in [-0.4, -0.2) is 30.6 Å². The Balaban J connectivity index is 0.00000121. The highest BCUT2D eigenvalue weighted by molar-refractivity contribution is 5.92. The second kappa shape index (κ2) is 9.21. The molecule has 1 unspecified atom stereocenters. The Kier molecular flexibility index (Phi) is 7.26. The molecule has 0 radical (unpaired) electrons. The second-order valence-corrected chi connectivity index (χ2v) is 6.36. The maximum absolute atomic E-state index is 12.4. The Morgan fingerprint density at radius 3 is 2.92 bits per heavy atom. The van der Waals surface area contributed by atoms with Crippen LogP contribution in [0, 0.1) is 5.92 Å². The van der Waals surface area contributed by atoms with Gasteiger partial charge in [-0.05, 0) is 55.3 Å². The number of fused-ring (bicyclic) bond motifs is 1. The van der Waals surface area contributed by atoms with Gasteiger partial charge in [0.2, 0.25) is 5.91 Å². The van der Waals surface area contributed by atoms with Gasteiger partial charge in [0.25, 0.3) is 0 Å². The van der Waals surface area contributed by atoms with Crippen LogP contribution in [0.2, 0.25) is 0 Å². The average molecular weight is 396 g/mol. The Morgan fingerprint density at radius 1 is 1.23 bits per heavy atom. The number of carbonyl (C=O) groups excluding carboxylic acids is 1. The summed E-state index contributed by atoms with van der Waals surface area (Å²) >= 11 is 0. The number of anilines is 1. The fourth-order valence-corrected chi connectivity index (χ4v) is 3.31. The minimum absolute atomic E-state index is 0. The topological polar surface area (TPSA) is 63.2 Å². The average Bonchev–Trinajstić information content (AvgIpc) is 3.10. The number of hydrogen-bond donors (Lipinski definition) is 2. The minimum Gasteiger partial charge on any atom is -0.493 e. The molecule has 0 saturated carbocycles. The number of aromatic nitrogens is 1. The highest BCUT2D eigenvalue weighted by atomic mass is 35.5. The summed E-state index contributed by atoms with van der Waals surface area (Å²) in [4.78, 5) is 17.0. The lowest BCUT2D eigenvalue weighted by Gasteiger charge is -2.21. The molecule has 3 heterocycles. The van der Waals surface area contributed by atoms with Crippen molar-refractivity contribution >= 4 is 36.5 Å². The summed E-state index contributed by atoms with van der Waals surface area (Å²) in [6, 6.07) is 11.9. The van der Waals surface area contributed by atoms with E-state index in [2.05, 4.69) is 21.7 Å². The van der Waals surface area contributed by atoms with Gasteiger partial charge in [0.15, 0.2) is 0 Å². The molecule has 1 saturated heterocycles. The summed E-state index contributed by atoms with van der Waals surface area (Å²) in [6.07, 6.45) is 2.92. The van der Waals surface area contributed by atoms with Gasteiger partial charge in [0.1, 0.15) is 11.6 Å². The van der Waals surface area contributed by atoms with Crippen LogP contribution in [0.5, 0.6) is 5.75 Å². The predicted octanol–water partition coefficient (Wildman–Crippen LogP) is 3.47. The first kappa shape index (κ1) is 20.5. The maximum Gasteiger partial charge on any atom is 0.229 e. The molecular formula is C19H23Cl2N3O2. The van der Waals surface area contributed by atoms with Gasteiger partial charge in [-0.3, -0.25) is 4.79 Å². The molecule has 1 aromatic heterocycles. The zero-order chi connectivity index (χ0) is 16.4. The van der Waals surface area contributed by atoms with Crippen LogP contribution in [0.1, 0.15) is 18.4 Å². The SMILES string of the molecule is Cl.Cl.O=C(Nc1cccc(-c2ccc3c(c2)CCO3)n1)C1CCCNC1. The van der Waals surface area contributed by atoms with E-state index in [1.165, 1.54) is 5.56 Å². The summed E-state index contributed by atoms with van der Waals surface area (Å²) in [6.45, 7) is 2.49. The molecule has 7 heteroatoms. The van der Waals surface area contributed by atoms with Crippen LogP contribution < -0.4 is 15.4 Å². The molecule has 5 nitrogen and oxygen atoms in total. The first-order valence-corrected chi connectivity index (χ1v) is 8.54. The van der Waals surface area contributed by atoms with E-state index in [0.29, 0.717) is 5.82 Å². The van der Waals surface area contributed by atoms with E-state index in [9.17, 15) is 4.79 Å². The number of nitrogens with zero attached hydrogens (tertiary/aromatic N) is 1. The lowest BCUT2D eigenvalue weighted by atomic mass is 9.99. The van der Waals surface area contributed by atoms with Gasteiger partial charge in [-0.2, -0.15) is 0 Å². The molecule has 26 heavy (non-hydrogen) atoms. The molecule has 2 aliphatic heterocycles. The molecule has 1 amide bonds. The zero-order valence-electron chi connectivity index (χ0n) is 14.4. The number of piperidine rings is 1. The van der Waals surface area contributed by atoms with Crippen molar-refractivity contribution in [2.45, 2.75) is 19.3 Å². The number of ether oxygens (including phenoxy) is 1. The number of amides is 1. The highest BCUT2D eigenvalue weighted by Gasteiger charge is 2.21. The molecule has 1 atom stereocenters. The number of pyridine rings is 1. The van der Waals surface area contributed by atoms with Crippen molar-refractivity contribution in [3.05, 3.63) is 42.0 Å². The van der Waals surface area contributed by atoms with Crippen LogP contribution >= 0.6 is 24.8 Å². The molecule has 2 aromatic rings. The van der Waals surface area contributed by atoms with E-state index in [0.717, 1.165) is 56.0 Å². The molecule has 140 valence electrons. The summed E-state index contributed by atoms with van der Waals surface area (Å²) in [5.41, 5.74) is 3.14. The van der Waals surface area contributed by atoms with Crippen LogP contribution in [0.3, 0.4) is 0 Å². The third kappa shape index (κ3) is 4.47. The van der Waals surface area contributed by atoms with E-state index >= 15 is 0 Å². The zero-order valence-corrected chi connectivity index (χ0v) is 16.0.